The van der Waals surface area contributed by atoms with E-state index >= 15 is 0 Å². The van der Waals surface area contributed by atoms with Crippen LogP contribution in [0.1, 0.15) is 0 Å². The number of hydrogen-bond donors (Lipinski definition) is 0. The van der Waals surface area contributed by atoms with Gasteiger partial charge in [0.1, 0.15) is 36.1 Å². The Balaban J connectivity index is 1.41. The third-order valence-corrected chi connectivity index (χ3v) is 4.57. The molecule has 0 amide bonds. The second-order valence-corrected chi connectivity index (χ2v) is 6.82. The first-order valence-electron chi connectivity index (χ1n) is 9.29. The van der Waals surface area contributed by atoms with Crippen molar-refractivity contribution in [2.45, 2.75) is 0 Å². The van der Waals surface area contributed by atoms with E-state index in [1.807, 2.05) is 30.3 Å². The Bertz CT molecular complexity index is 1270. The second kappa shape index (κ2) is 9.21. The van der Waals surface area contributed by atoms with Crippen molar-refractivity contribution in [2.75, 3.05) is 13.2 Å². The maximum atomic E-state index is 12.4. The topological polar surface area (TPSA) is 48.7 Å². The van der Waals surface area contributed by atoms with Gasteiger partial charge in [-0.1, -0.05) is 53.8 Å². The number of halogens is 1. The van der Waals surface area contributed by atoms with Crippen molar-refractivity contribution in [3.8, 4) is 34.7 Å². The molecule has 0 N–H and O–H groups in total. The lowest BCUT2D eigenvalue weighted by Crippen LogP contribution is -2.01. The van der Waals surface area contributed by atoms with Crippen molar-refractivity contribution < 1.29 is 13.9 Å². The fourth-order valence-electron chi connectivity index (χ4n) is 2.84. The largest absolute Gasteiger partial charge is 0.481 e. The van der Waals surface area contributed by atoms with Crippen LogP contribution in [0.3, 0.4) is 0 Å². The molecule has 0 fully saturated rings. The van der Waals surface area contributed by atoms with Gasteiger partial charge in [0.2, 0.25) is 0 Å². The van der Waals surface area contributed by atoms with Crippen molar-refractivity contribution in [1.29, 1.82) is 0 Å². The van der Waals surface area contributed by atoms with Crippen LogP contribution in [0.2, 0.25) is 5.02 Å². The van der Waals surface area contributed by atoms with Gasteiger partial charge in [-0.05, 0) is 36.4 Å². The SMILES string of the molecule is O=c1cc(-c2ccccc2)oc2cc(OCC#CCOc3ccc(Cl)cc3)ccc12. The van der Waals surface area contributed by atoms with Crippen LogP contribution >= 0.6 is 11.6 Å². The van der Waals surface area contributed by atoms with E-state index in [4.69, 9.17) is 25.5 Å². The summed E-state index contributed by atoms with van der Waals surface area (Å²) < 4.78 is 17.1. The van der Waals surface area contributed by atoms with E-state index in [0.717, 1.165) is 5.56 Å². The van der Waals surface area contributed by atoms with Crippen molar-refractivity contribution in [3.05, 3.63) is 94.1 Å². The van der Waals surface area contributed by atoms with Crippen LogP contribution in [0.5, 0.6) is 11.5 Å². The standard InChI is InChI=1S/C25H17ClO4/c26-19-8-10-20(11-9-19)28-14-4-5-15-29-21-12-13-22-23(27)17-24(30-25(22)16-21)18-6-2-1-3-7-18/h1-3,6-13,16-17H,14-15H2. The first-order valence-corrected chi connectivity index (χ1v) is 9.67. The quantitative estimate of drug-likeness (QED) is 0.399. The highest BCUT2D eigenvalue weighted by Gasteiger charge is 2.08. The highest BCUT2D eigenvalue weighted by atomic mass is 35.5. The molecule has 0 aliphatic rings. The van der Waals surface area contributed by atoms with Crippen LogP contribution in [0.4, 0.5) is 0 Å². The third kappa shape index (κ3) is 4.83. The molecule has 5 heteroatoms. The molecule has 1 aromatic heterocycles. The average molecular weight is 417 g/mol. The zero-order valence-corrected chi connectivity index (χ0v) is 16.7. The van der Waals surface area contributed by atoms with Crippen molar-refractivity contribution in [1.82, 2.24) is 0 Å². The van der Waals surface area contributed by atoms with Crippen LogP contribution in [-0.4, -0.2) is 13.2 Å². The summed E-state index contributed by atoms with van der Waals surface area (Å²) in [5.41, 5.74) is 1.22. The Labute approximate surface area is 178 Å². The van der Waals surface area contributed by atoms with Gasteiger partial charge in [-0.3, -0.25) is 4.79 Å². The molecule has 0 spiro atoms. The molecule has 0 bridgehead atoms. The summed E-state index contributed by atoms with van der Waals surface area (Å²) in [7, 11) is 0. The number of rotatable bonds is 5. The Hall–Kier alpha value is -3.68. The van der Waals surface area contributed by atoms with Crippen LogP contribution in [0.15, 0.2) is 88.1 Å². The molecule has 0 atom stereocenters. The van der Waals surface area contributed by atoms with Gasteiger partial charge < -0.3 is 13.9 Å². The molecule has 0 unspecified atom stereocenters. The molecule has 3 aromatic carbocycles. The fraction of sp³-hybridized carbons (Fsp3) is 0.0800. The van der Waals surface area contributed by atoms with Crippen LogP contribution < -0.4 is 14.9 Å². The predicted octanol–water partition coefficient (Wildman–Crippen LogP) is 5.57. The zero-order valence-electron chi connectivity index (χ0n) is 15.9. The van der Waals surface area contributed by atoms with Gasteiger partial charge in [0.15, 0.2) is 5.43 Å². The van der Waals surface area contributed by atoms with Gasteiger partial charge in [0.05, 0.1) is 5.39 Å². The molecule has 30 heavy (non-hydrogen) atoms. The van der Waals surface area contributed by atoms with Crippen LogP contribution in [0.25, 0.3) is 22.3 Å². The monoisotopic (exact) mass is 416 g/mol. The smallest absolute Gasteiger partial charge is 0.193 e. The predicted molar refractivity (Wildman–Crippen MR) is 118 cm³/mol. The van der Waals surface area contributed by atoms with Gasteiger partial charge in [-0.2, -0.15) is 0 Å². The van der Waals surface area contributed by atoms with E-state index in [2.05, 4.69) is 11.8 Å². The highest BCUT2D eigenvalue weighted by molar-refractivity contribution is 6.30. The minimum absolute atomic E-state index is 0.0965. The van der Waals surface area contributed by atoms with E-state index in [0.29, 0.717) is 33.3 Å². The minimum Gasteiger partial charge on any atom is -0.481 e. The fourth-order valence-corrected chi connectivity index (χ4v) is 2.97. The normalized spacial score (nSPS) is 10.3. The van der Waals surface area contributed by atoms with Crippen molar-refractivity contribution in [2.24, 2.45) is 0 Å². The van der Waals surface area contributed by atoms with E-state index in [9.17, 15) is 4.79 Å². The lowest BCUT2D eigenvalue weighted by Gasteiger charge is -2.06. The van der Waals surface area contributed by atoms with Crippen molar-refractivity contribution >= 4 is 22.6 Å². The number of hydrogen-bond acceptors (Lipinski definition) is 4. The third-order valence-electron chi connectivity index (χ3n) is 4.32. The molecule has 4 nitrogen and oxygen atoms in total. The second-order valence-electron chi connectivity index (χ2n) is 6.38. The summed E-state index contributed by atoms with van der Waals surface area (Å²) >= 11 is 5.83. The maximum Gasteiger partial charge on any atom is 0.193 e. The van der Waals surface area contributed by atoms with Gasteiger partial charge >= 0.3 is 0 Å². The summed E-state index contributed by atoms with van der Waals surface area (Å²) in [6.45, 7) is 0.441. The molecule has 4 rings (SSSR count). The van der Waals surface area contributed by atoms with Crippen molar-refractivity contribution in [3.63, 3.8) is 0 Å². The van der Waals surface area contributed by atoms with E-state index in [-0.39, 0.29) is 18.6 Å². The average Bonchev–Trinajstić information content (AvgIpc) is 2.77. The van der Waals surface area contributed by atoms with Gasteiger partial charge in [0, 0.05) is 22.7 Å². The van der Waals surface area contributed by atoms with Gasteiger partial charge in [-0.25, -0.2) is 0 Å². The van der Waals surface area contributed by atoms with E-state index < -0.39 is 0 Å². The Kier molecular flexibility index (Phi) is 6.03. The summed E-state index contributed by atoms with van der Waals surface area (Å²) in [6, 6.07) is 23.2. The summed E-state index contributed by atoms with van der Waals surface area (Å²) in [5, 5.41) is 1.16. The molecule has 0 saturated heterocycles. The molecule has 0 aliphatic carbocycles. The Morgan fingerprint density at radius 2 is 1.47 bits per heavy atom. The molecular weight excluding hydrogens is 400 g/mol. The maximum absolute atomic E-state index is 12.4. The molecule has 0 saturated carbocycles. The molecule has 4 aromatic rings. The lowest BCUT2D eigenvalue weighted by molar-refractivity contribution is 0.362. The van der Waals surface area contributed by atoms with E-state index in [1.165, 1.54) is 6.07 Å². The molecular formula is C25H17ClO4. The zero-order chi connectivity index (χ0) is 20.8. The molecule has 1 heterocycles. The molecule has 0 radical (unpaired) electrons. The molecule has 148 valence electrons. The first kappa shape index (κ1) is 19.6. The van der Waals surface area contributed by atoms with Crippen LogP contribution in [0, 0.1) is 11.8 Å². The Morgan fingerprint density at radius 3 is 2.20 bits per heavy atom. The van der Waals surface area contributed by atoms with Gasteiger partial charge in [0.25, 0.3) is 0 Å². The minimum atomic E-state index is -0.0965. The number of ether oxygens (including phenoxy) is 2. The van der Waals surface area contributed by atoms with E-state index in [1.54, 1.807) is 42.5 Å². The summed E-state index contributed by atoms with van der Waals surface area (Å²) in [5.74, 6) is 7.58. The van der Waals surface area contributed by atoms with Crippen LogP contribution in [-0.2, 0) is 0 Å². The Morgan fingerprint density at radius 1 is 0.800 bits per heavy atom. The first-order chi connectivity index (χ1) is 14.7. The van der Waals surface area contributed by atoms with Gasteiger partial charge in [-0.15, -0.1) is 0 Å². The summed E-state index contributed by atoms with van der Waals surface area (Å²) in [6.07, 6.45) is 0. The highest BCUT2D eigenvalue weighted by Crippen LogP contribution is 2.24. The number of fused-ring (bicyclic) bond motifs is 1. The lowest BCUT2D eigenvalue weighted by atomic mass is 10.1. The molecule has 0 aliphatic heterocycles. The number of benzene rings is 3. The summed E-state index contributed by atoms with van der Waals surface area (Å²) in [4.78, 5) is 12.4.